The number of carboxylic acids is 1. The van der Waals surface area contributed by atoms with Crippen LogP contribution in [0, 0.1) is 56.2 Å². The first kappa shape index (κ1) is 36.1. The Kier molecular flexibility index (Phi) is 8.96. The van der Waals surface area contributed by atoms with E-state index in [1.165, 1.54) is 24.8 Å². The Morgan fingerprint density at radius 2 is 1.60 bits per heavy atom. The Balaban J connectivity index is 1.28. The van der Waals surface area contributed by atoms with Gasteiger partial charge in [-0.05, 0) is 124 Å². The summed E-state index contributed by atoms with van der Waals surface area (Å²) >= 11 is 0. The Bertz CT molecular complexity index is 1360. The van der Waals surface area contributed by atoms with E-state index in [2.05, 4.69) is 53.8 Å². The molecule has 0 spiro atoms. The number of esters is 1. The number of aliphatic hydroxyl groups excluding tert-OH is 1. The molecule has 0 aliphatic heterocycles. The number of nitrogens with one attached hydrogen (secondary N) is 1. The molecule has 3 N–H and O–H groups in total. The maximum Gasteiger partial charge on any atom is 0.309 e. The van der Waals surface area contributed by atoms with Gasteiger partial charge in [-0.3, -0.25) is 14.4 Å². The number of allylic oxidation sites excluding steroid dienone is 1. The van der Waals surface area contributed by atoms with Crippen molar-refractivity contribution >= 4 is 17.7 Å². The van der Waals surface area contributed by atoms with Crippen molar-refractivity contribution in [1.29, 1.82) is 0 Å². The van der Waals surface area contributed by atoms with Crippen LogP contribution in [-0.4, -0.2) is 52.7 Å². The van der Waals surface area contributed by atoms with E-state index >= 15 is 0 Å². The lowest BCUT2D eigenvalue weighted by Crippen LogP contribution is -2.66. The van der Waals surface area contributed by atoms with E-state index in [9.17, 15) is 24.6 Å². The first-order valence-corrected chi connectivity index (χ1v) is 19.4. The Morgan fingerprint density at radius 3 is 2.21 bits per heavy atom. The van der Waals surface area contributed by atoms with Gasteiger partial charge in [0.2, 0.25) is 0 Å². The zero-order chi connectivity index (χ0) is 35.2. The minimum Gasteiger partial charge on any atom is -0.481 e. The van der Waals surface area contributed by atoms with Gasteiger partial charge in [0.25, 0.3) is 0 Å². The fourth-order valence-corrected chi connectivity index (χ4v) is 13.0. The maximum atomic E-state index is 13.9. The minimum atomic E-state index is -1.15. The lowest BCUT2D eigenvalue weighted by molar-refractivity contribution is -0.235. The molecule has 0 aromatic rings. The van der Waals surface area contributed by atoms with Gasteiger partial charge >= 0.3 is 11.9 Å². The van der Waals surface area contributed by atoms with Crippen molar-refractivity contribution in [2.45, 2.75) is 164 Å². The van der Waals surface area contributed by atoms with Crippen LogP contribution in [0.2, 0.25) is 0 Å². The van der Waals surface area contributed by atoms with Gasteiger partial charge in [0.05, 0.1) is 17.9 Å². The van der Waals surface area contributed by atoms with E-state index in [1.54, 1.807) is 13.8 Å². The number of carbonyl (C=O) groups excluding carboxylic acids is 2. The van der Waals surface area contributed by atoms with Crippen molar-refractivity contribution in [2.75, 3.05) is 6.54 Å². The van der Waals surface area contributed by atoms with E-state index in [-0.39, 0.29) is 45.9 Å². The Hall–Kier alpha value is -1.73. The predicted octanol–water partition coefficient (Wildman–Crippen LogP) is 7.88. The van der Waals surface area contributed by atoms with Gasteiger partial charge in [-0.25, -0.2) is 0 Å². The van der Waals surface area contributed by atoms with Crippen LogP contribution in [-0.2, 0) is 19.1 Å². The number of carboxylic acid groups (broad SMARTS) is 1. The first-order valence-electron chi connectivity index (χ1n) is 19.4. The monoisotopic (exact) mass is 667 g/mol. The molecule has 48 heavy (non-hydrogen) atoms. The Labute approximate surface area is 289 Å². The molecular formula is C41H65NO6. The van der Waals surface area contributed by atoms with E-state index in [0.717, 1.165) is 56.9 Å². The lowest BCUT2D eigenvalue weighted by Gasteiger charge is -2.72. The molecule has 0 radical (unpaired) electrons. The summed E-state index contributed by atoms with van der Waals surface area (Å²) in [6.45, 7) is 20.3. The van der Waals surface area contributed by atoms with Crippen molar-refractivity contribution in [3.05, 3.63) is 11.1 Å². The van der Waals surface area contributed by atoms with Gasteiger partial charge in [-0.1, -0.05) is 60.5 Å². The third kappa shape index (κ3) is 5.20. The number of carbonyl (C=O) groups is 3. The molecule has 6 aliphatic carbocycles. The molecule has 9 unspecified atom stereocenters. The zero-order valence-corrected chi connectivity index (χ0v) is 31.5. The summed E-state index contributed by atoms with van der Waals surface area (Å²) in [7, 11) is 0. The third-order valence-corrected chi connectivity index (χ3v) is 16.2. The van der Waals surface area contributed by atoms with Gasteiger partial charge < -0.3 is 20.3 Å². The van der Waals surface area contributed by atoms with Crippen LogP contribution in [0.1, 0.15) is 146 Å². The highest BCUT2D eigenvalue weighted by Gasteiger charge is 2.70. The number of hydrogen-bond donors (Lipinski definition) is 3. The Morgan fingerprint density at radius 1 is 0.917 bits per heavy atom. The molecule has 0 amide bonds. The van der Waals surface area contributed by atoms with Crippen molar-refractivity contribution in [3.8, 4) is 0 Å². The number of ketones is 1. The second-order valence-electron chi connectivity index (χ2n) is 19.6. The number of hydrogen-bond acceptors (Lipinski definition) is 6. The normalized spacial score (nSPS) is 41.5. The molecule has 9 atom stereocenters. The first-order chi connectivity index (χ1) is 22.2. The molecule has 7 nitrogen and oxygen atoms in total. The third-order valence-electron chi connectivity index (χ3n) is 16.2. The fourth-order valence-electron chi connectivity index (χ4n) is 13.0. The number of ether oxygens (including phenoxy) is 1. The highest BCUT2D eigenvalue weighted by molar-refractivity contribution is 6.00. The van der Waals surface area contributed by atoms with Gasteiger partial charge in [-0.15, -0.1) is 0 Å². The van der Waals surface area contributed by atoms with Crippen LogP contribution in [0.4, 0.5) is 0 Å². The molecular weight excluding hydrogens is 602 g/mol. The van der Waals surface area contributed by atoms with E-state index in [4.69, 9.17) is 4.74 Å². The number of Topliss-reactive ketones (excluding diaryl/α,β-unsaturated/α-hetero) is 1. The molecule has 0 aromatic carbocycles. The zero-order valence-electron chi connectivity index (χ0n) is 31.5. The molecule has 7 heteroatoms. The summed E-state index contributed by atoms with van der Waals surface area (Å²) in [4.78, 5) is 38.7. The summed E-state index contributed by atoms with van der Waals surface area (Å²) in [5.74, 6) is 0.251. The molecule has 270 valence electrons. The SMILES string of the molecule is CC(C)C1=C2C3CCC4C5(C)CCC(OC(=O)CC(C)(C)C(=O)O)C(C)(C)C5CCC4(C)C3(C)CCC2(C(O)CNC2CCC2)CC1=O. The van der Waals surface area contributed by atoms with Crippen molar-refractivity contribution in [3.63, 3.8) is 0 Å². The number of aliphatic carboxylic acids is 1. The molecule has 6 rings (SSSR count). The molecule has 6 aliphatic rings. The van der Waals surface area contributed by atoms with Crippen molar-refractivity contribution in [2.24, 2.45) is 56.2 Å². The fraction of sp³-hybridized carbons (Fsp3) is 0.878. The molecule has 0 heterocycles. The van der Waals surface area contributed by atoms with Gasteiger partial charge in [0.15, 0.2) is 5.78 Å². The summed E-state index contributed by atoms with van der Waals surface area (Å²) in [5, 5.41) is 25.2. The van der Waals surface area contributed by atoms with Crippen LogP contribution >= 0.6 is 0 Å². The van der Waals surface area contributed by atoms with Crippen molar-refractivity contribution < 1.29 is 29.3 Å². The number of aliphatic hydroxyl groups is 1. The highest BCUT2D eigenvalue weighted by atomic mass is 16.5. The van der Waals surface area contributed by atoms with Crippen LogP contribution < -0.4 is 5.32 Å². The number of fused-ring (bicyclic) bond motifs is 7. The van der Waals surface area contributed by atoms with Crippen LogP contribution in [0.5, 0.6) is 0 Å². The molecule has 5 fully saturated rings. The maximum absolute atomic E-state index is 13.9. The highest BCUT2D eigenvalue weighted by Crippen LogP contribution is 2.77. The molecule has 0 aromatic heterocycles. The average Bonchev–Trinajstić information content (AvgIpc) is 3.27. The molecule has 5 saturated carbocycles. The van der Waals surface area contributed by atoms with Crippen LogP contribution in [0.15, 0.2) is 11.1 Å². The van der Waals surface area contributed by atoms with Gasteiger partial charge in [-0.2, -0.15) is 0 Å². The summed E-state index contributed by atoms with van der Waals surface area (Å²) < 4.78 is 6.15. The van der Waals surface area contributed by atoms with Gasteiger partial charge in [0.1, 0.15) is 6.10 Å². The average molecular weight is 668 g/mol. The summed E-state index contributed by atoms with van der Waals surface area (Å²) in [6.07, 6.45) is 11.3. The van der Waals surface area contributed by atoms with E-state index < -0.39 is 28.9 Å². The lowest BCUT2D eigenvalue weighted by atomic mass is 9.33. The van der Waals surface area contributed by atoms with Gasteiger partial charge in [0, 0.05) is 29.8 Å². The molecule has 0 saturated heterocycles. The predicted molar refractivity (Wildman–Crippen MR) is 187 cm³/mol. The smallest absolute Gasteiger partial charge is 0.309 e. The van der Waals surface area contributed by atoms with E-state index in [1.807, 2.05) is 0 Å². The summed E-state index contributed by atoms with van der Waals surface area (Å²) in [5.41, 5.74) is 0.770. The molecule has 0 bridgehead atoms. The second-order valence-corrected chi connectivity index (χ2v) is 19.6. The standard InChI is InChI=1S/C41H65NO6/c1-24(2)33-27(43)21-41(30(44)23-42-25-11-10-12-25)20-19-39(8)26(34(33)41)13-14-29-38(7)17-16-31(48-32(45)22-36(3,4)35(46)47)37(5,6)28(38)15-18-40(29,39)9/h24-26,28-31,42,44H,10-23H2,1-9H3,(H,46,47). The minimum absolute atomic E-state index is 0.0322. The summed E-state index contributed by atoms with van der Waals surface area (Å²) in [6, 6.07) is 0.503. The van der Waals surface area contributed by atoms with Crippen LogP contribution in [0.25, 0.3) is 0 Å². The quantitative estimate of drug-likeness (QED) is 0.215. The largest absolute Gasteiger partial charge is 0.481 e. The van der Waals surface area contributed by atoms with E-state index in [0.29, 0.717) is 36.8 Å². The van der Waals surface area contributed by atoms with Crippen molar-refractivity contribution in [1.82, 2.24) is 5.32 Å². The topological polar surface area (TPSA) is 113 Å². The second kappa shape index (κ2) is 11.9. The number of rotatable bonds is 9. The van der Waals surface area contributed by atoms with Crippen LogP contribution in [0.3, 0.4) is 0 Å².